The van der Waals surface area contributed by atoms with Crippen molar-refractivity contribution in [3.05, 3.63) is 35.9 Å². The summed E-state index contributed by atoms with van der Waals surface area (Å²) in [5.41, 5.74) is 2.19. The quantitative estimate of drug-likeness (QED) is 0.583. The lowest BCUT2D eigenvalue weighted by Gasteiger charge is -2.12. The lowest BCUT2D eigenvalue weighted by Crippen LogP contribution is -2.26. The van der Waals surface area contributed by atoms with Crippen molar-refractivity contribution in [2.45, 2.75) is 37.3 Å². The summed E-state index contributed by atoms with van der Waals surface area (Å²) in [5, 5.41) is 24.4. The Hall–Kier alpha value is -2.35. The van der Waals surface area contributed by atoms with Gasteiger partial charge in [-0.25, -0.2) is 0 Å². The number of benzene rings is 1. The Morgan fingerprint density at radius 3 is 2.88 bits per heavy atom. The Labute approximate surface area is 150 Å². The van der Waals surface area contributed by atoms with Crippen LogP contribution in [0.3, 0.4) is 0 Å². The number of aromatic nitrogens is 4. The van der Waals surface area contributed by atoms with Gasteiger partial charge in [0.2, 0.25) is 11.1 Å². The number of amides is 1. The molecule has 1 heterocycles. The van der Waals surface area contributed by atoms with Crippen LogP contribution >= 0.6 is 11.8 Å². The topological polar surface area (TPSA) is 92.9 Å². The van der Waals surface area contributed by atoms with E-state index in [1.807, 2.05) is 0 Å². The molecule has 8 heteroatoms. The summed E-state index contributed by atoms with van der Waals surface area (Å²) < 4.78 is 1.55. The van der Waals surface area contributed by atoms with Gasteiger partial charge < -0.3 is 10.4 Å². The Morgan fingerprint density at radius 1 is 1.28 bits per heavy atom. The van der Waals surface area contributed by atoms with Crippen LogP contribution in [0.2, 0.25) is 0 Å². The van der Waals surface area contributed by atoms with Gasteiger partial charge in [0.25, 0.3) is 0 Å². The molecule has 0 bridgehead atoms. The molecule has 2 N–H and O–H groups in total. The lowest BCUT2D eigenvalue weighted by molar-refractivity contribution is -0.118. The minimum Gasteiger partial charge on any atom is -0.508 e. The fourth-order valence-corrected chi connectivity index (χ4v) is 3.42. The molecule has 1 aromatic heterocycles. The highest BCUT2D eigenvalue weighted by atomic mass is 32.2. The second kappa shape index (κ2) is 8.66. The van der Waals surface area contributed by atoms with Crippen molar-refractivity contribution in [1.82, 2.24) is 25.5 Å². The van der Waals surface area contributed by atoms with E-state index in [2.05, 4.69) is 26.9 Å². The molecule has 0 aliphatic heterocycles. The first-order valence-electron chi connectivity index (χ1n) is 8.37. The predicted octanol–water partition coefficient (Wildman–Crippen LogP) is 2.47. The Kier molecular flexibility index (Phi) is 6.05. The number of tetrazole rings is 1. The zero-order valence-electron chi connectivity index (χ0n) is 13.9. The molecule has 0 spiro atoms. The van der Waals surface area contributed by atoms with E-state index >= 15 is 0 Å². The highest BCUT2D eigenvalue weighted by molar-refractivity contribution is 7.99. The van der Waals surface area contributed by atoms with Crippen LogP contribution in [-0.2, 0) is 4.79 Å². The highest BCUT2D eigenvalue weighted by Crippen LogP contribution is 2.20. The average Bonchev–Trinajstić information content (AvgIpc) is 3.10. The molecule has 1 aromatic carbocycles. The standard InChI is InChI=1S/C17H21N5O2S/c23-15-8-6-14(7-9-15)22-17(19-20-21-22)25-12-16(24)18-11-10-13-4-2-1-3-5-13/h4,6-9,23H,1-3,5,10-12H2,(H,18,24). The molecule has 3 rings (SSSR count). The number of thioether (sulfide) groups is 1. The Morgan fingerprint density at radius 2 is 2.12 bits per heavy atom. The predicted molar refractivity (Wildman–Crippen MR) is 95.7 cm³/mol. The van der Waals surface area contributed by atoms with E-state index < -0.39 is 0 Å². The number of hydrogen-bond donors (Lipinski definition) is 2. The van der Waals surface area contributed by atoms with Gasteiger partial charge in [0.1, 0.15) is 5.75 Å². The fourth-order valence-electron chi connectivity index (χ4n) is 2.70. The van der Waals surface area contributed by atoms with Crippen LogP contribution in [0.1, 0.15) is 32.1 Å². The van der Waals surface area contributed by atoms with E-state index in [-0.39, 0.29) is 17.4 Å². The second-order valence-electron chi connectivity index (χ2n) is 5.89. The maximum absolute atomic E-state index is 12.0. The van der Waals surface area contributed by atoms with Crippen LogP contribution in [0, 0.1) is 0 Å². The SMILES string of the molecule is O=C(CSc1nnnn1-c1ccc(O)cc1)NCCC1=CCCCC1. The molecule has 1 aliphatic rings. The number of rotatable bonds is 7. The minimum absolute atomic E-state index is 0.0262. The summed E-state index contributed by atoms with van der Waals surface area (Å²) in [6, 6.07) is 6.57. The van der Waals surface area contributed by atoms with Crippen molar-refractivity contribution in [2.75, 3.05) is 12.3 Å². The van der Waals surface area contributed by atoms with E-state index in [0.717, 1.165) is 18.5 Å². The molecular formula is C17H21N5O2S. The number of nitrogens with one attached hydrogen (secondary N) is 1. The van der Waals surface area contributed by atoms with Crippen LogP contribution in [0.4, 0.5) is 0 Å². The van der Waals surface area contributed by atoms with Gasteiger partial charge in [-0.2, -0.15) is 4.68 Å². The van der Waals surface area contributed by atoms with Gasteiger partial charge >= 0.3 is 0 Å². The molecule has 1 amide bonds. The molecule has 0 saturated heterocycles. The van der Waals surface area contributed by atoms with Gasteiger partial charge in [-0.3, -0.25) is 4.79 Å². The first-order chi connectivity index (χ1) is 12.2. The van der Waals surface area contributed by atoms with Gasteiger partial charge in [0.05, 0.1) is 11.4 Å². The van der Waals surface area contributed by atoms with Gasteiger partial charge in [0, 0.05) is 6.54 Å². The van der Waals surface area contributed by atoms with Crippen molar-refractivity contribution in [1.29, 1.82) is 0 Å². The molecule has 0 saturated carbocycles. The monoisotopic (exact) mass is 359 g/mol. The van der Waals surface area contributed by atoms with Crippen molar-refractivity contribution in [3.63, 3.8) is 0 Å². The van der Waals surface area contributed by atoms with Crippen molar-refractivity contribution < 1.29 is 9.90 Å². The minimum atomic E-state index is -0.0262. The summed E-state index contributed by atoms with van der Waals surface area (Å²) in [5.74, 6) is 0.414. The number of phenols is 1. The van der Waals surface area contributed by atoms with Crippen LogP contribution < -0.4 is 5.32 Å². The summed E-state index contributed by atoms with van der Waals surface area (Å²) in [7, 11) is 0. The van der Waals surface area contributed by atoms with Gasteiger partial charge in [-0.05, 0) is 66.8 Å². The molecular weight excluding hydrogens is 338 g/mol. The van der Waals surface area contributed by atoms with E-state index in [9.17, 15) is 9.90 Å². The third-order valence-corrected chi connectivity index (χ3v) is 4.94. The maximum atomic E-state index is 12.0. The first-order valence-corrected chi connectivity index (χ1v) is 9.36. The Balaban J connectivity index is 1.47. The van der Waals surface area contributed by atoms with Gasteiger partial charge in [0.15, 0.2) is 0 Å². The molecule has 132 valence electrons. The van der Waals surface area contributed by atoms with Crippen LogP contribution in [-0.4, -0.2) is 43.5 Å². The van der Waals surface area contributed by atoms with Crippen LogP contribution in [0.15, 0.2) is 41.1 Å². The lowest BCUT2D eigenvalue weighted by atomic mass is 9.97. The van der Waals surface area contributed by atoms with E-state index in [1.165, 1.54) is 36.6 Å². The number of carbonyl (C=O) groups is 1. The zero-order valence-corrected chi connectivity index (χ0v) is 14.7. The number of hydrogen-bond acceptors (Lipinski definition) is 6. The van der Waals surface area contributed by atoms with Crippen molar-refractivity contribution in [2.24, 2.45) is 0 Å². The largest absolute Gasteiger partial charge is 0.508 e. The number of carbonyl (C=O) groups excluding carboxylic acids is 1. The number of phenolic OH excluding ortho intramolecular Hbond substituents is 1. The van der Waals surface area contributed by atoms with Crippen molar-refractivity contribution in [3.8, 4) is 11.4 Å². The van der Waals surface area contributed by atoms with E-state index in [1.54, 1.807) is 28.9 Å². The number of nitrogens with zero attached hydrogens (tertiary/aromatic N) is 4. The normalized spacial score (nSPS) is 14.2. The van der Waals surface area contributed by atoms with Crippen LogP contribution in [0.25, 0.3) is 5.69 Å². The molecule has 0 unspecified atom stereocenters. The molecule has 0 radical (unpaired) electrons. The average molecular weight is 359 g/mol. The fraction of sp³-hybridized carbons (Fsp3) is 0.412. The van der Waals surface area contributed by atoms with Crippen LogP contribution in [0.5, 0.6) is 5.75 Å². The molecule has 7 nitrogen and oxygen atoms in total. The summed E-state index contributed by atoms with van der Waals surface area (Å²) in [6.45, 7) is 0.675. The molecule has 0 atom stereocenters. The second-order valence-corrected chi connectivity index (χ2v) is 6.83. The highest BCUT2D eigenvalue weighted by Gasteiger charge is 2.12. The third kappa shape index (κ3) is 5.06. The zero-order chi connectivity index (χ0) is 17.5. The summed E-state index contributed by atoms with van der Waals surface area (Å²) >= 11 is 1.28. The number of allylic oxidation sites excluding steroid dienone is 1. The van der Waals surface area contributed by atoms with Gasteiger partial charge in [-0.1, -0.05) is 23.4 Å². The molecule has 2 aromatic rings. The summed E-state index contributed by atoms with van der Waals surface area (Å²) in [6.07, 6.45) is 8.10. The first kappa shape index (κ1) is 17.5. The maximum Gasteiger partial charge on any atom is 0.230 e. The van der Waals surface area contributed by atoms with E-state index in [0.29, 0.717) is 11.7 Å². The Bertz CT molecular complexity index is 742. The number of aromatic hydroxyl groups is 1. The van der Waals surface area contributed by atoms with Gasteiger partial charge in [-0.15, -0.1) is 5.10 Å². The molecule has 0 fully saturated rings. The summed E-state index contributed by atoms with van der Waals surface area (Å²) in [4.78, 5) is 12.0. The van der Waals surface area contributed by atoms with Crippen molar-refractivity contribution >= 4 is 17.7 Å². The molecule has 1 aliphatic carbocycles. The molecule has 25 heavy (non-hydrogen) atoms. The smallest absolute Gasteiger partial charge is 0.230 e. The van der Waals surface area contributed by atoms with E-state index in [4.69, 9.17) is 0 Å². The third-order valence-electron chi connectivity index (χ3n) is 4.02.